The zero-order chi connectivity index (χ0) is 11.1. The molecule has 1 N–H and O–H groups in total. The van der Waals surface area contributed by atoms with E-state index in [9.17, 15) is 5.11 Å². The molecule has 0 amide bonds. The Balaban J connectivity index is 0.000000791. The number of methoxy groups -OCH3 is 2. The minimum Gasteiger partial charge on any atom is -0.508 e. The van der Waals surface area contributed by atoms with Crippen LogP contribution in [-0.2, 0) is 0 Å². The molecule has 1 aromatic rings. The fourth-order valence-electron chi connectivity index (χ4n) is 1.07. The third-order valence-corrected chi connectivity index (χ3v) is 1.74. The van der Waals surface area contributed by atoms with Crippen molar-refractivity contribution < 1.29 is 14.6 Å². The molecule has 0 bridgehead atoms. The molecule has 3 heteroatoms. The second-order valence-corrected chi connectivity index (χ2v) is 2.48. The van der Waals surface area contributed by atoms with E-state index in [0.29, 0.717) is 11.5 Å². The van der Waals surface area contributed by atoms with Gasteiger partial charge in [0.1, 0.15) is 17.2 Å². The second-order valence-electron chi connectivity index (χ2n) is 2.48. The highest BCUT2D eigenvalue weighted by molar-refractivity contribution is 5.49. The van der Waals surface area contributed by atoms with Crippen molar-refractivity contribution in [2.75, 3.05) is 14.2 Å². The first-order chi connectivity index (χ1) is 6.69. The Morgan fingerprint density at radius 2 is 1.36 bits per heavy atom. The molecule has 0 radical (unpaired) electrons. The summed E-state index contributed by atoms with van der Waals surface area (Å²) in [6, 6.07) is 3.11. The van der Waals surface area contributed by atoms with E-state index in [1.807, 2.05) is 20.8 Å². The smallest absolute Gasteiger partial charge is 0.129 e. The van der Waals surface area contributed by atoms with E-state index in [0.717, 1.165) is 5.56 Å². The zero-order valence-corrected chi connectivity index (χ0v) is 9.42. The van der Waals surface area contributed by atoms with E-state index < -0.39 is 0 Å². The lowest BCUT2D eigenvalue weighted by Gasteiger charge is -2.09. The van der Waals surface area contributed by atoms with Crippen LogP contribution in [0.25, 0.3) is 0 Å². The number of rotatable bonds is 2. The van der Waals surface area contributed by atoms with Gasteiger partial charge in [-0.1, -0.05) is 13.8 Å². The Hall–Kier alpha value is -1.38. The van der Waals surface area contributed by atoms with Crippen LogP contribution in [0.1, 0.15) is 19.4 Å². The molecule has 0 heterocycles. The normalized spacial score (nSPS) is 8.64. The van der Waals surface area contributed by atoms with Gasteiger partial charge in [0, 0.05) is 17.7 Å². The van der Waals surface area contributed by atoms with Crippen LogP contribution >= 0.6 is 0 Å². The number of ether oxygens (including phenoxy) is 2. The van der Waals surface area contributed by atoms with Crippen LogP contribution in [0.5, 0.6) is 17.2 Å². The fourth-order valence-corrected chi connectivity index (χ4v) is 1.07. The summed E-state index contributed by atoms with van der Waals surface area (Å²) in [6.45, 7) is 5.87. The maximum atomic E-state index is 9.22. The molecule has 0 spiro atoms. The number of hydrogen-bond donors (Lipinski definition) is 1. The second kappa shape index (κ2) is 6.13. The van der Waals surface area contributed by atoms with Gasteiger partial charge in [0.05, 0.1) is 14.2 Å². The highest BCUT2D eigenvalue weighted by Gasteiger charge is 2.06. The van der Waals surface area contributed by atoms with Crippen molar-refractivity contribution in [2.45, 2.75) is 20.8 Å². The lowest BCUT2D eigenvalue weighted by atomic mass is 10.2. The van der Waals surface area contributed by atoms with Gasteiger partial charge in [-0.3, -0.25) is 0 Å². The van der Waals surface area contributed by atoms with Crippen molar-refractivity contribution in [3.8, 4) is 17.2 Å². The molecule has 0 saturated heterocycles. The first kappa shape index (κ1) is 12.6. The van der Waals surface area contributed by atoms with Gasteiger partial charge in [-0.15, -0.1) is 0 Å². The lowest BCUT2D eigenvalue weighted by Crippen LogP contribution is -1.91. The molecular formula is C11H18O3. The van der Waals surface area contributed by atoms with Crippen LogP contribution in [0.2, 0.25) is 0 Å². The van der Waals surface area contributed by atoms with Crippen molar-refractivity contribution in [1.82, 2.24) is 0 Å². The van der Waals surface area contributed by atoms with Crippen LogP contribution in [0.3, 0.4) is 0 Å². The van der Waals surface area contributed by atoms with Gasteiger partial charge in [0.15, 0.2) is 0 Å². The molecule has 80 valence electrons. The Labute approximate surface area is 85.3 Å². The molecule has 0 aliphatic carbocycles. The van der Waals surface area contributed by atoms with E-state index in [2.05, 4.69) is 0 Å². The van der Waals surface area contributed by atoms with Crippen molar-refractivity contribution in [2.24, 2.45) is 0 Å². The zero-order valence-electron chi connectivity index (χ0n) is 9.42. The fraction of sp³-hybridized carbons (Fsp3) is 0.455. The highest BCUT2D eigenvalue weighted by atomic mass is 16.5. The molecule has 0 saturated carbocycles. The summed E-state index contributed by atoms with van der Waals surface area (Å²) in [7, 11) is 3.11. The van der Waals surface area contributed by atoms with Gasteiger partial charge < -0.3 is 14.6 Å². The summed E-state index contributed by atoms with van der Waals surface area (Å²) in [4.78, 5) is 0. The Morgan fingerprint density at radius 1 is 1.00 bits per heavy atom. The summed E-state index contributed by atoms with van der Waals surface area (Å²) in [5.74, 6) is 1.41. The molecule has 0 aliphatic heterocycles. The molecule has 0 aliphatic rings. The molecule has 1 aromatic carbocycles. The van der Waals surface area contributed by atoms with Crippen molar-refractivity contribution in [1.29, 1.82) is 0 Å². The maximum Gasteiger partial charge on any atom is 0.129 e. The van der Waals surface area contributed by atoms with Gasteiger partial charge >= 0.3 is 0 Å². The number of phenols is 1. The van der Waals surface area contributed by atoms with E-state index in [4.69, 9.17) is 9.47 Å². The first-order valence-electron chi connectivity index (χ1n) is 4.60. The topological polar surface area (TPSA) is 38.7 Å². The van der Waals surface area contributed by atoms with Gasteiger partial charge in [-0.25, -0.2) is 0 Å². The quantitative estimate of drug-likeness (QED) is 0.794. The van der Waals surface area contributed by atoms with Crippen LogP contribution in [-0.4, -0.2) is 19.3 Å². The molecule has 1 rings (SSSR count). The molecule has 0 aromatic heterocycles. The minimum absolute atomic E-state index is 0.148. The third-order valence-electron chi connectivity index (χ3n) is 1.74. The molecule has 3 nitrogen and oxygen atoms in total. The van der Waals surface area contributed by atoms with E-state index in [-0.39, 0.29) is 5.75 Å². The number of benzene rings is 1. The molecular weight excluding hydrogens is 180 g/mol. The van der Waals surface area contributed by atoms with Crippen molar-refractivity contribution in [3.05, 3.63) is 17.7 Å². The standard InChI is InChI=1S/C9H12O3.C2H6/c1-6-8(11-2)4-7(10)5-9(6)12-3;1-2/h4-5,10H,1-3H3;1-2H3. The Bertz CT molecular complexity index is 257. The summed E-state index contributed by atoms with van der Waals surface area (Å²) >= 11 is 0. The summed E-state index contributed by atoms with van der Waals surface area (Å²) < 4.78 is 10.1. The Morgan fingerprint density at radius 3 is 1.64 bits per heavy atom. The van der Waals surface area contributed by atoms with Crippen molar-refractivity contribution in [3.63, 3.8) is 0 Å². The van der Waals surface area contributed by atoms with E-state index >= 15 is 0 Å². The molecule has 14 heavy (non-hydrogen) atoms. The summed E-state index contributed by atoms with van der Waals surface area (Å²) in [5, 5.41) is 9.22. The average Bonchev–Trinajstić information content (AvgIpc) is 2.23. The van der Waals surface area contributed by atoms with Crippen LogP contribution in [0, 0.1) is 6.92 Å². The molecule has 0 fully saturated rings. The highest BCUT2D eigenvalue weighted by Crippen LogP contribution is 2.32. The first-order valence-corrected chi connectivity index (χ1v) is 4.60. The largest absolute Gasteiger partial charge is 0.508 e. The van der Waals surface area contributed by atoms with Crippen LogP contribution in [0.15, 0.2) is 12.1 Å². The minimum atomic E-state index is 0.148. The Kier molecular flexibility index (Phi) is 5.53. The predicted molar refractivity (Wildman–Crippen MR) is 57.3 cm³/mol. The van der Waals surface area contributed by atoms with Gasteiger partial charge in [0.25, 0.3) is 0 Å². The number of aromatic hydroxyl groups is 1. The van der Waals surface area contributed by atoms with E-state index in [1.54, 1.807) is 26.4 Å². The summed E-state index contributed by atoms with van der Waals surface area (Å²) in [6.07, 6.45) is 0. The molecule has 0 atom stereocenters. The van der Waals surface area contributed by atoms with Crippen LogP contribution < -0.4 is 9.47 Å². The predicted octanol–water partition coefficient (Wildman–Crippen LogP) is 2.74. The van der Waals surface area contributed by atoms with E-state index in [1.165, 1.54) is 0 Å². The third kappa shape index (κ3) is 2.83. The van der Waals surface area contributed by atoms with Gasteiger partial charge in [-0.05, 0) is 6.92 Å². The lowest BCUT2D eigenvalue weighted by molar-refractivity contribution is 0.380. The maximum absolute atomic E-state index is 9.22. The SMILES string of the molecule is CC.COc1cc(O)cc(OC)c1C. The van der Waals surface area contributed by atoms with Crippen LogP contribution in [0.4, 0.5) is 0 Å². The number of phenolic OH excluding ortho intramolecular Hbond substituents is 1. The summed E-state index contributed by atoms with van der Waals surface area (Å²) in [5.41, 5.74) is 0.887. The molecule has 0 unspecified atom stereocenters. The number of hydrogen-bond acceptors (Lipinski definition) is 3. The monoisotopic (exact) mass is 198 g/mol. The average molecular weight is 198 g/mol. The van der Waals surface area contributed by atoms with Crippen molar-refractivity contribution >= 4 is 0 Å². The van der Waals surface area contributed by atoms with Gasteiger partial charge in [0.2, 0.25) is 0 Å². The van der Waals surface area contributed by atoms with Gasteiger partial charge in [-0.2, -0.15) is 0 Å².